The molecule has 1 heteroatoms. The van der Waals surface area contributed by atoms with E-state index in [9.17, 15) is 0 Å². The lowest BCUT2D eigenvalue weighted by Crippen LogP contribution is -2.53. The SMILES string of the molecule is C[Si](C)(c1ccc(-c2c3ccccc3c(-c3ccccc3)c3ccc(-c4ccccc4)cc23)cc1)c1cccc2c1ccc1c3ccccc3ccc21. The summed E-state index contributed by atoms with van der Waals surface area (Å²) in [5, 5.41) is 16.0. The topological polar surface area (TPSA) is 0 Å². The van der Waals surface area contributed by atoms with Gasteiger partial charge in [-0.3, -0.25) is 0 Å². The summed E-state index contributed by atoms with van der Waals surface area (Å²) in [6, 6.07) is 72.2. The molecule has 0 aromatic heterocycles. The first-order valence-electron chi connectivity index (χ1n) is 18.6. The van der Waals surface area contributed by atoms with Crippen molar-refractivity contribution in [1.29, 1.82) is 0 Å². The van der Waals surface area contributed by atoms with Crippen molar-refractivity contribution in [2.45, 2.75) is 13.1 Å². The van der Waals surface area contributed by atoms with Crippen molar-refractivity contribution < 1.29 is 0 Å². The van der Waals surface area contributed by atoms with Crippen LogP contribution in [0.4, 0.5) is 0 Å². The van der Waals surface area contributed by atoms with E-state index in [2.05, 4.69) is 207 Å². The van der Waals surface area contributed by atoms with Crippen LogP contribution in [0.1, 0.15) is 0 Å². The predicted molar refractivity (Wildman–Crippen MR) is 233 cm³/mol. The maximum atomic E-state index is 2.51. The zero-order chi connectivity index (χ0) is 35.5. The minimum Gasteiger partial charge on any atom is -0.0622 e. The van der Waals surface area contributed by atoms with E-state index in [1.54, 1.807) is 0 Å². The van der Waals surface area contributed by atoms with E-state index in [0.717, 1.165) is 0 Å². The molecule has 0 fully saturated rings. The normalized spacial score (nSPS) is 12.0. The quantitative estimate of drug-likeness (QED) is 0.0958. The summed E-state index contributed by atoms with van der Waals surface area (Å²) in [5.41, 5.74) is 7.54. The molecule has 0 aliphatic rings. The van der Waals surface area contributed by atoms with Gasteiger partial charge >= 0.3 is 0 Å². The zero-order valence-electron chi connectivity index (χ0n) is 30.0. The van der Waals surface area contributed by atoms with Crippen molar-refractivity contribution in [3.63, 3.8) is 0 Å². The molecule has 10 aromatic carbocycles. The average molecular weight is 691 g/mol. The smallest absolute Gasteiger partial charge is 0.0622 e. The maximum Gasteiger partial charge on any atom is 0.113 e. The summed E-state index contributed by atoms with van der Waals surface area (Å²) in [4.78, 5) is 0. The lowest BCUT2D eigenvalue weighted by atomic mass is 9.85. The molecule has 0 saturated heterocycles. The van der Waals surface area contributed by atoms with Crippen LogP contribution in [0, 0.1) is 0 Å². The second-order valence-corrected chi connectivity index (χ2v) is 19.2. The molecule has 10 rings (SSSR count). The molecule has 250 valence electrons. The van der Waals surface area contributed by atoms with Gasteiger partial charge in [-0.1, -0.05) is 206 Å². The highest BCUT2D eigenvalue weighted by molar-refractivity contribution is 7.01. The van der Waals surface area contributed by atoms with Gasteiger partial charge in [-0.15, -0.1) is 0 Å². The third kappa shape index (κ3) is 5.11. The van der Waals surface area contributed by atoms with E-state index in [0.29, 0.717) is 0 Å². The van der Waals surface area contributed by atoms with Crippen LogP contribution in [-0.4, -0.2) is 8.07 Å². The summed E-state index contributed by atoms with van der Waals surface area (Å²) in [6.07, 6.45) is 0. The minimum atomic E-state index is -2.10. The van der Waals surface area contributed by atoms with Gasteiger partial charge in [0.05, 0.1) is 0 Å². The van der Waals surface area contributed by atoms with Gasteiger partial charge in [0.15, 0.2) is 0 Å². The van der Waals surface area contributed by atoms with Gasteiger partial charge in [-0.2, -0.15) is 0 Å². The molecular formula is C52H38Si. The van der Waals surface area contributed by atoms with Crippen molar-refractivity contribution in [2.75, 3.05) is 0 Å². The van der Waals surface area contributed by atoms with Gasteiger partial charge in [0.2, 0.25) is 0 Å². The van der Waals surface area contributed by atoms with Gasteiger partial charge < -0.3 is 0 Å². The van der Waals surface area contributed by atoms with E-state index in [-0.39, 0.29) is 0 Å². The molecule has 0 aliphatic heterocycles. The Labute approximate surface area is 311 Å². The van der Waals surface area contributed by atoms with Crippen molar-refractivity contribution in [3.8, 4) is 33.4 Å². The highest BCUT2D eigenvalue weighted by Crippen LogP contribution is 2.44. The van der Waals surface area contributed by atoms with E-state index in [1.807, 2.05) is 0 Å². The Kier molecular flexibility index (Phi) is 7.38. The highest BCUT2D eigenvalue weighted by atomic mass is 28.3. The Hall–Kier alpha value is -6.28. The minimum absolute atomic E-state index is 1.23. The van der Waals surface area contributed by atoms with Crippen LogP contribution in [0.5, 0.6) is 0 Å². The lowest BCUT2D eigenvalue weighted by Gasteiger charge is -2.26. The fourth-order valence-electron chi connectivity index (χ4n) is 8.83. The summed E-state index contributed by atoms with van der Waals surface area (Å²) in [6.45, 7) is 5.01. The first-order chi connectivity index (χ1) is 26.1. The fraction of sp³-hybridized carbons (Fsp3) is 0.0385. The molecule has 0 heterocycles. The highest BCUT2D eigenvalue weighted by Gasteiger charge is 2.28. The van der Waals surface area contributed by atoms with Gasteiger partial charge in [-0.05, 0) is 98.5 Å². The molecule has 0 saturated carbocycles. The Morgan fingerprint density at radius 3 is 1.49 bits per heavy atom. The summed E-state index contributed by atoms with van der Waals surface area (Å²) < 4.78 is 0. The third-order valence-corrected chi connectivity index (χ3v) is 15.1. The molecular weight excluding hydrogens is 653 g/mol. The van der Waals surface area contributed by atoms with Crippen LogP contribution in [-0.2, 0) is 0 Å². The van der Waals surface area contributed by atoms with Crippen molar-refractivity contribution >= 4 is 72.3 Å². The molecule has 0 unspecified atom stereocenters. The van der Waals surface area contributed by atoms with Crippen LogP contribution in [0.3, 0.4) is 0 Å². The second kappa shape index (κ2) is 12.4. The summed E-state index contributed by atoms with van der Waals surface area (Å²) in [5.74, 6) is 0. The van der Waals surface area contributed by atoms with Crippen molar-refractivity contribution in [1.82, 2.24) is 0 Å². The molecule has 0 aliphatic carbocycles. The molecule has 0 bridgehead atoms. The largest absolute Gasteiger partial charge is 0.113 e. The maximum absolute atomic E-state index is 2.51. The molecule has 53 heavy (non-hydrogen) atoms. The molecule has 0 N–H and O–H groups in total. The number of fused-ring (bicyclic) bond motifs is 7. The average Bonchev–Trinajstić information content (AvgIpc) is 3.22. The number of hydrogen-bond donors (Lipinski definition) is 0. The fourth-order valence-corrected chi connectivity index (χ4v) is 11.5. The Bertz CT molecular complexity index is 2990. The monoisotopic (exact) mass is 690 g/mol. The summed E-state index contributed by atoms with van der Waals surface area (Å²) in [7, 11) is -2.10. The molecule has 0 nitrogen and oxygen atoms in total. The Morgan fingerprint density at radius 1 is 0.283 bits per heavy atom. The number of hydrogen-bond acceptors (Lipinski definition) is 0. The van der Waals surface area contributed by atoms with Crippen LogP contribution in [0.15, 0.2) is 194 Å². The van der Waals surface area contributed by atoms with E-state index in [4.69, 9.17) is 0 Å². The molecule has 10 aromatic rings. The molecule has 0 radical (unpaired) electrons. The first kappa shape index (κ1) is 31.5. The van der Waals surface area contributed by atoms with Gasteiger partial charge in [0.25, 0.3) is 0 Å². The standard InChI is InChI=1S/C52H38Si/c1-53(2,50-23-13-22-42-44-30-26-36-16-9-10-19-41(36)43(44)32-33-45(42)50)40-28-24-38(25-29-40)52-47-21-12-11-20-46(47)51(37-17-7-4-8-18-37)48-31-27-39(34-49(48)52)35-14-5-3-6-15-35/h3-34H,1-2H3. The second-order valence-electron chi connectivity index (χ2n) is 14.8. The number of rotatable bonds is 5. The number of benzene rings is 10. The van der Waals surface area contributed by atoms with E-state index in [1.165, 1.54) is 97.6 Å². The zero-order valence-corrected chi connectivity index (χ0v) is 31.0. The van der Waals surface area contributed by atoms with Crippen LogP contribution in [0.2, 0.25) is 13.1 Å². The Balaban J connectivity index is 1.15. The van der Waals surface area contributed by atoms with Crippen molar-refractivity contribution in [3.05, 3.63) is 194 Å². The van der Waals surface area contributed by atoms with Gasteiger partial charge in [-0.25, -0.2) is 0 Å². The molecule has 0 atom stereocenters. The Morgan fingerprint density at radius 2 is 0.755 bits per heavy atom. The molecule has 0 amide bonds. The van der Waals surface area contributed by atoms with Crippen molar-refractivity contribution in [2.24, 2.45) is 0 Å². The van der Waals surface area contributed by atoms with Crippen LogP contribution < -0.4 is 10.4 Å². The van der Waals surface area contributed by atoms with Crippen LogP contribution in [0.25, 0.3) is 87.2 Å². The van der Waals surface area contributed by atoms with E-state index < -0.39 is 8.07 Å². The van der Waals surface area contributed by atoms with Gasteiger partial charge in [0.1, 0.15) is 8.07 Å². The third-order valence-electron chi connectivity index (χ3n) is 11.5. The molecule has 0 spiro atoms. The predicted octanol–water partition coefficient (Wildman–Crippen LogP) is 13.3. The van der Waals surface area contributed by atoms with Gasteiger partial charge in [0, 0.05) is 0 Å². The first-order valence-corrected chi connectivity index (χ1v) is 21.6. The van der Waals surface area contributed by atoms with Crippen LogP contribution >= 0.6 is 0 Å². The van der Waals surface area contributed by atoms with E-state index >= 15 is 0 Å². The lowest BCUT2D eigenvalue weighted by molar-refractivity contribution is 1.63. The summed E-state index contributed by atoms with van der Waals surface area (Å²) >= 11 is 0.